The minimum Gasteiger partial charge on any atom is -0.351 e. The van der Waals surface area contributed by atoms with E-state index in [0.717, 1.165) is 23.4 Å². The number of benzene rings is 2. The molecule has 2 N–H and O–H groups in total. The Balaban J connectivity index is 1.25. The van der Waals surface area contributed by atoms with Crippen molar-refractivity contribution in [3.8, 4) is 0 Å². The highest BCUT2D eigenvalue weighted by Crippen LogP contribution is 2.27. The third-order valence-electron chi connectivity index (χ3n) is 4.55. The predicted molar refractivity (Wildman–Crippen MR) is 113 cm³/mol. The summed E-state index contributed by atoms with van der Waals surface area (Å²) in [5.41, 5.74) is 4.29. The van der Waals surface area contributed by atoms with Crippen molar-refractivity contribution in [3.63, 3.8) is 0 Å². The Morgan fingerprint density at radius 2 is 2.11 bits per heavy atom. The van der Waals surface area contributed by atoms with E-state index >= 15 is 0 Å². The molecule has 6 nitrogen and oxygen atoms in total. The number of aromatic amines is 1. The molecule has 0 aliphatic carbocycles. The third kappa shape index (κ3) is 3.99. The summed E-state index contributed by atoms with van der Waals surface area (Å²) in [6.45, 7) is 2.59. The second-order valence-electron chi connectivity index (χ2n) is 6.71. The first-order chi connectivity index (χ1) is 13.6. The Morgan fingerprint density at radius 3 is 3.00 bits per heavy atom. The van der Waals surface area contributed by atoms with Crippen LogP contribution >= 0.6 is 11.8 Å². The molecule has 1 aliphatic rings. The summed E-state index contributed by atoms with van der Waals surface area (Å²) < 4.78 is 0. The molecule has 1 aliphatic heterocycles. The zero-order chi connectivity index (χ0) is 19.5. The molecule has 0 radical (unpaired) electrons. The maximum absolute atomic E-state index is 12.3. The summed E-state index contributed by atoms with van der Waals surface area (Å²) in [5, 5.41) is 4.11. The maximum Gasteiger partial charge on any atom is 0.266 e. The zero-order valence-corrected chi connectivity index (χ0v) is 16.3. The van der Waals surface area contributed by atoms with E-state index in [1.54, 1.807) is 6.07 Å². The van der Waals surface area contributed by atoms with Crippen LogP contribution in [0.4, 0.5) is 5.69 Å². The van der Waals surface area contributed by atoms with E-state index in [1.807, 2.05) is 37.3 Å². The standard InChI is InChI=1S/C21H20N4O2S/c1-13-7-8-16-14(11-13)12-18(23-16)20(27)22-9-4-10-28-21-24-17-6-3-2-5-15(17)19(26)25-21/h2-3,5-8,11H,4,9-10,12H2,1H3,(H,22,27)(H,24,25,26). The van der Waals surface area contributed by atoms with Gasteiger partial charge in [-0.3, -0.25) is 9.59 Å². The molecule has 0 fully saturated rings. The molecular formula is C21H20N4O2S. The van der Waals surface area contributed by atoms with Crippen LogP contribution in [0.25, 0.3) is 10.9 Å². The van der Waals surface area contributed by atoms with Crippen LogP contribution in [0.5, 0.6) is 0 Å². The molecule has 0 bridgehead atoms. The molecule has 3 aromatic rings. The first kappa shape index (κ1) is 18.4. The summed E-state index contributed by atoms with van der Waals surface area (Å²) in [4.78, 5) is 36.1. The summed E-state index contributed by atoms with van der Waals surface area (Å²) in [5.74, 6) is 0.629. The van der Waals surface area contributed by atoms with E-state index in [4.69, 9.17) is 0 Å². The van der Waals surface area contributed by atoms with Crippen LogP contribution in [-0.2, 0) is 11.2 Å². The number of carbonyl (C=O) groups is 1. The number of amides is 1. The minimum absolute atomic E-state index is 0.115. The molecule has 0 saturated carbocycles. The fraction of sp³-hybridized carbons (Fsp3) is 0.238. The Hall–Kier alpha value is -2.93. The van der Waals surface area contributed by atoms with Gasteiger partial charge in [-0.25, -0.2) is 9.98 Å². The number of fused-ring (bicyclic) bond motifs is 2. The molecule has 2 heterocycles. The lowest BCUT2D eigenvalue weighted by atomic mass is 10.1. The Kier molecular flexibility index (Phi) is 5.25. The van der Waals surface area contributed by atoms with Crippen molar-refractivity contribution in [2.45, 2.75) is 24.9 Å². The number of nitrogens with one attached hydrogen (secondary N) is 2. The van der Waals surface area contributed by atoms with Crippen molar-refractivity contribution in [1.29, 1.82) is 0 Å². The number of rotatable bonds is 6. The van der Waals surface area contributed by atoms with Gasteiger partial charge in [-0.1, -0.05) is 41.6 Å². The van der Waals surface area contributed by atoms with Gasteiger partial charge in [0.05, 0.1) is 16.6 Å². The number of para-hydroxylation sites is 1. The summed E-state index contributed by atoms with van der Waals surface area (Å²) in [7, 11) is 0. The largest absolute Gasteiger partial charge is 0.351 e. The van der Waals surface area contributed by atoms with E-state index in [1.165, 1.54) is 17.3 Å². The highest BCUT2D eigenvalue weighted by Gasteiger charge is 2.20. The number of aromatic nitrogens is 2. The van der Waals surface area contributed by atoms with Gasteiger partial charge in [-0.2, -0.15) is 0 Å². The molecule has 4 rings (SSSR count). The second-order valence-corrected chi connectivity index (χ2v) is 7.80. The molecule has 1 aromatic heterocycles. The quantitative estimate of drug-likeness (QED) is 0.383. The fourth-order valence-corrected chi connectivity index (χ4v) is 3.95. The van der Waals surface area contributed by atoms with E-state index in [-0.39, 0.29) is 11.5 Å². The van der Waals surface area contributed by atoms with Crippen LogP contribution in [-0.4, -0.2) is 33.9 Å². The number of hydrogen-bond acceptors (Lipinski definition) is 5. The lowest BCUT2D eigenvalue weighted by Gasteiger charge is -2.05. The first-order valence-electron chi connectivity index (χ1n) is 9.17. The second kappa shape index (κ2) is 7.98. The highest BCUT2D eigenvalue weighted by molar-refractivity contribution is 7.99. The van der Waals surface area contributed by atoms with Gasteiger partial charge < -0.3 is 10.3 Å². The summed E-state index contributed by atoms with van der Waals surface area (Å²) >= 11 is 1.48. The van der Waals surface area contributed by atoms with Crippen LogP contribution in [0.15, 0.2) is 57.4 Å². The molecule has 0 saturated heterocycles. The molecule has 0 unspecified atom stereocenters. The molecule has 7 heteroatoms. The number of nitrogens with zero attached hydrogens (tertiary/aromatic N) is 2. The molecular weight excluding hydrogens is 372 g/mol. The lowest BCUT2D eigenvalue weighted by molar-refractivity contribution is -0.114. The van der Waals surface area contributed by atoms with Crippen LogP contribution in [0.1, 0.15) is 17.5 Å². The van der Waals surface area contributed by atoms with Gasteiger partial charge in [-0.05, 0) is 37.1 Å². The topological polar surface area (TPSA) is 87.2 Å². The summed E-state index contributed by atoms with van der Waals surface area (Å²) in [6, 6.07) is 13.3. The Labute approximate surface area is 166 Å². The zero-order valence-electron chi connectivity index (χ0n) is 15.5. The van der Waals surface area contributed by atoms with Crippen LogP contribution in [0, 0.1) is 6.92 Å². The molecule has 0 spiro atoms. The van der Waals surface area contributed by atoms with Gasteiger partial charge >= 0.3 is 0 Å². The third-order valence-corrected chi connectivity index (χ3v) is 5.51. The minimum atomic E-state index is -0.129. The van der Waals surface area contributed by atoms with Crippen molar-refractivity contribution >= 4 is 40.0 Å². The number of hydrogen-bond donors (Lipinski definition) is 2. The van der Waals surface area contributed by atoms with Gasteiger partial charge in [-0.15, -0.1) is 0 Å². The van der Waals surface area contributed by atoms with E-state index in [0.29, 0.717) is 34.7 Å². The van der Waals surface area contributed by atoms with Gasteiger partial charge in [0.25, 0.3) is 11.5 Å². The maximum atomic E-state index is 12.3. The lowest BCUT2D eigenvalue weighted by Crippen LogP contribution is -2.32. The van der Waals surface area contributed by atoms with Gasteiger partial charge in [0.15, 0.2) is 5.16 Å². The number of thioether (sulfide) groups is 1. The smallest absolute Gasteiger partial charge is 0.266 e. The first-order valence-corrected chi connectivity index (χ1v) is 10.2. The average molecular weight is 392 g/mol. The van der Waals surface area contributed by atoms with Gasteiger partial charge in [0, 0.05) is 18.7 Å². The number of carbonyl (C=O) groups excluding carboxylic acids is 1. The normalized spacial score (nSPS) is 12.7. The van der Waals surface area contributed by atoms with Crippen molar-refractivity contribution < 1.29 is 4.79 Å². The van der Waals surface area contributed by atoms with Crippen molar-refractivity contribution in [2.75, 3.05) is 12.3 Å². The van der Waals surface area contributed by atoms with Crippen LogP contribution < -0.4 is 10.9 Å². The molecule has 142 valence electrons. The molecule has 1 amide bonds. The fourth-order valence-electron chi connectivity index (χ4n) is 3.14. The van der Waals surface area contributed by atoms with Crippen LogP contribution in [0.3, 0.4) is 0 Å². The Bertz CT molecular complexity index is 1140. The van der Waals surface area contributed by atoms with Crippen molar-refractivity contribution in [1.82, 2.24) is 15.3 Å². The number of H-pyrrole nitrogens is 1. The van der Waals surface area contributed by atoms with E-state index in [2.05, 4.69) is 26.3 Å². The van der Waals surface area contributed by atoms with Gasteiger partial charge in [0.1, 0.15) is 5.71 Å². The monoisotopic (exact) mass is 392 g/mol. The molecule has 0 atom stereocenters. The molecule has 2 aromatic carbocycles. The number of aryl methyl sites for hydroxylation is 1. The highest BCUT2D eigenvalue weighted by atomic mass is 32.2. The predicted octanol–water partition coefficient (Wildman–Crippen LogP) is 3.16. The van der Waals surface area contributed by atoms with Gasteiger partial charge in [0.2, 0.25) is 0 Å². The van der Waals surface area contributed by atoms with Crippen molar-refractivity contribution in [3.05, 3.63) is 63.9 Å². The number of aliphatic imine (C=N–C) groups is 1. The van der Waals surface area contributed by atoms with Crippen molar-refractivity contribution in [2.24, 2.45) is 4.99 Å². The average Bonchev–Trinajstić information content (AvgIpc) is 3.11. The Morgan fingerprint density at radius 1 is 1.25 bits per heavy atom. The summed E-state index contributed by atoms with van der Waals surface area (Å²) in [6.07, 6.45) is 1.35. The molecule has 28 heavy (non-hydrogen) atoms. The van der Waals surface area contributed by atoms with Crippen LogP contribution in [0.2, 0.25) is 0 Å². The van der Waals surface area contributed by atoms with E-state index in [9.17, 15) is 9.59 Å². The van der Waals surface area contributed by atoms with E-state index < -0.39 is 0 Å². The SMILES string of the molecule is Cc1ccc2c(c1)CC(C(=O)NCCCSc1nc3ccccc3c(=O)[nH]1)=N2.